The lowest BCUT2D eigenvalue weighted by molar-refractivity contribution is 0.869. The topological polar surface area (TPSA) is 51.8 Å². The summed E-state index contributed by atoms with van der Waals surface area (Å²) in [4.78, 5) is 8.46. The van der Waals surface area contributed by atoms with Crippen LogP contribution in [0.25, 0.3) is 10.8 Å². The number of hydrogen-bond acceptors (Lipinski definition) is 3. The SMILES string of the molecule is Cc1ccc(C(N)c2cccc3cnccc23)cn1. The number of pyridine rings is 2. The van der Waals surface area contributed by atoms with Crippen LogP contribution in [0.2, 0.25) is 0 Å². The Morgan fingerprint density at radius 3 is 2.74 bits per heavy atom. The summed E-state index contributed by atoms with van der Waals surface area (Å²) in [7, 11) is 0. The number of aromatic nitrogens is 2. The van der Waals surface area contributed by atoms with Crippen LogP contribution in [0.1, 0.15) is 22.9 Å². The predicted octanol–water partition coefficient (Wildman–Crippen LogP) is 2.99. The summed E-state index contributed by atoms with van der Waals surface area (Å²) < 4.78 is 0. The minimum Gasteiger partial charge on any atom is -0.320 e. The Labute approximate surface area is 112 Å². The molecule has 2 aromatic heterocycles. The van der Waals surface area contributed by atoms with Gasteiger partial charge in [-0.05, 0) is 35.6 Å². The molecule has 1 aromatic carbocycles. The number of fused-ring (bicyclic) bond motifs is 1. The van der Waals surface area contributed by atoms with Crippen molar-refractivity contribution >= 4 is 10.8 Å². The number of benzene rings is 1. The number of rotatable bonds is 2. The summed E-state index contributed by atoms with van der Waals surface area (Å²) >= 11 is 0. The lowest BCUT2D eigenvalue weighted by atomic mass is 9.96. The molecule has 1 atom stereocenters. The van der Waals surface area contributed by atoms with Gasteiger partial charge in [0, 0.05) is 29.7 Å². The second-order valence-electron chi connectivity index (χ2n) is 4.65. The molecule has 2 N–H and O–H groups in total. The maximum Gasteiger partial charge on any atom is 0.0573 e. The second kappa shape index (κ2) is 4.78. The molecule has 0 spiro atoms. The first-order valence-electron chi connectivity index (χ1n) is 6.26. The normalized spacial score (nSPS) is 12.5. The summed E-state index contributed by atoms with van der Waals surface area (Å²) in [5.41, 5.74) is 9.50. The molecule has 19 heavy (non-hydrogen) atoms. The Morgan fingerprint density at radius 1 is 1.05 bits per heavy atom. The zero-order valence-corrected chi connectivity index (χ0v) is 10.7. The van der Waals surface area contributed by atoms with Crippen molar-refractivity contribution in [3.63, 3.8) is 0 Å². The molecule has 0 aliphatic heterocycles. The van der Waals surface area contributed by atoms with Gasteiger partial charge in [0.05, 0.1) is 6.04 Å². The van der Waals surface area contributed by atoms with Crippen molar-refractivity contribution in [2.24, 2.45) is 5.73 Å². The van der Waals surface area contributed by atoms with E-state index in [1.165, 1.54) is 0 Å². The van der Waals surface area contributed by atoms with Crippen LogP contribution in [0.15, 0.2) is 55.0 Å². The Bertz CT molecular complexity index is 699. The molecule has 0 saturated carbocycles. The fourth-order valence-corrected chi connectivity index (χ4v) is 2.26. The molecular formula is C16H15N3. The van der Waals surface area contributed by atoms with E-state index in [0.29, 0.717) is 0 Å². The van der Waals surface area contributed by atoms with Crippen LogP contribution in [0.3, 0.4) is 0 Å². The molecule has 1 unspecified atom stereocenters. The van der Waals surface area contributed by atoms with E-state index in [2.05, 4.69) is 16.0 Å². The highest BCUT2D eigenvalue weighted by atomic mass is 14.7. The molecule has 2 heterocycles. The van der Waals surface area contributed by atoms with Gasteiger partial charge in [0.25, 0.3) is 0 Å². The van der Waals surface area contributed by atoms with Crippen LogP contribution in [-0.2, 0) is 0 Å². The number of nitrogens with zero attached hydrogens (tertiary/aromatic N) is 2. The maximum absolute atomic E-state index is 6.37. The molecule has 3 nitrogen and oxygen atoms in total. The molecule has 0 bridgehead atoms. The zero-order valence-electron chi connectivity index (χ0n) is 10.7. The van der Waals surface area contributed by atoms with Crippen LogP contribution >= 0.6 is 0 Å². The molecule has 0 saturated heterocycles. The van der Waals surface area contributed by atoms with Gasteiger partial charge >= 0.3 is 0 Å². The average Bonchev–Trinajstić information content (AvgIpc) is 2.47. The molecule has 0 fully saturated rings. The van der Waals surface area contributed by atoms with Crippen molar-refractivity contribution in [3.05, 3.63) is 71.8 Å². The van der Waals surface area contributed by atoms with Crippen LogP contribution in [0, 0.1) is 6.92 Å². The van der Waals surface area contributed by atoms with E-state index >= 15 is 0 Å². The summed E-state index contributed by atoms with van der Waals surface area (Å²) in [5, 5.41) is 2.25. The van der Waals surface area contributed by atoms with Crippen LogP contribution < -0.4 is 5.73 Å². The smallest absolute Gasteiger partial charge is 0.0573 e. The van der Waals surface area contributed by atoms with Crippen molar-refractivity contribution < 1.29 is 0 Å². The molecule has 3 rings (SSSR count). The van der Waals surface area contributed by atoms with Crippen LogP contribution in [0.5, 0.6) is 0 Å². The van der Waals surface area contributed by atoms with Gasteiger partial charge in [-0.3, -0.25) is 9.97 Å². The van der Waals surface area contributed by atoms with E-state index in [1.807, 2.05) is 49.6 Å². The summed E-state index contributed by atoms with van der Waals surface area (Å²) in [6.45, 7) is 1.97. The van der Waals surface area contributed by atoms with Gasteiger partial charge in [0.2, 0.25) is 0 Å². The highest BCUT2D eigenvalue weighted by molar-refractivity contribution is 5.85. The molecule has 0 aliphatic rings. The van der Waals surface area contributed by atoms with Crippen LogP contribution in [0.4, 0.5) is 0 Å². The lowest BCUT2D eigenvalue weighted by Crippen LogP contribution is -2.12. The van der Waals surface area contributed by atoms with Crippen molar-refractivity contribution in [1.82, 2.24) is 9.97 Å². The van der Waals surface area contributed by atoms with Gasteiger partial charge in [-0.15, -0.1) is 0 Å². The minimum atomic E-state index is -0.167. The Kier molecular flexibility index (Phi) is 2.97. The lowest BCUT2D eigenvalue weighted by Gasteiger charge is -2.14. The van der Waals surface area contributed by atoms with E-state index in [0.717, 1.165) is 27.6 Å². The second-order valence-corrected chi connectivity index (χ2v) is 4.65. The van der Waals surface area contributed by atoms with Gasteiger partial charge in [-0.2, -0.15) is 0 Å². The van der Waals surface area contributed by atoms with Gasteiger partial charge in [0.15, 0.2) is 0 Å². The summed E-state index contributed by atoms with van der Waals surface area (Å²) in [6, 6.07) is 12.0. The third-order valence-corrected chi connectivity index (χ3v) is 3.34. The van der Waals surface area contributed by atoms with E-state index in [-0.39, 0.29) is 6.04 Å². The Morgan fingerprint density at radius 2 is 1.95 bits per heavy atom. The van der Waals surface area contributed by atoms with E-state index in [9.17, 15) is 0 Å². The van der Waals surface area contributed by atoms with Gasteiger partial charge in [0.1, 0.15) is 0 Å². The quantitative estimate of drug-likeness (QED) is 0.759. The van der Waals surface area contributed by atoms with E-state index in [4.69, 9.17) is 5.73 Å². The third kappa shape index (κ3) is 2.20. The van der Waals surface area contributed by atoms with E-state index in [1.54, 1.807) is 6.20 Å². The molecule has 0 radical (unpaired) electrons. The molecule has 3 aromatic rings. The first-order chi connectivity index (χ1) is 9.25. The molecule has 0 amide bonds. The first kappa shape index (κ1) is 11.8. The van der Waals surface area contributed by atoms with Crippen molar-refractivity contribution in [2.45, 2.75) is 13.0 Å². The Hall–Kier alpha value is -2.26. The Balaban J connectivity index is 2.11. The van der Waals surface area contributed by atoms with Gasteiger partial charge in [-0.25, -0.2) is 0 Å². The van der Waals surface area contributed by atoms with Crippen LogP contribution in [-0.4, -0.2) is 9.97 Å². The molecule has 0 aliphatic carbocycles. The average molecular weight is 249 g/mol. The van der Waals surface area contributed by atoms with Crippen molar-refractivity contribution in [3.8, 4) is 0 Å². The zero-order chi connectivity index (χ0) is 13.2. The minimum absolute atomic E-state index is 0.167. The van der Waals surface area contributed by atoms with Gasteiger partial charge < -0.3 is 5.73 Å². The maximum atomic E-state index is 6.37. The van der Waals surface area contributed by atoms with E-state index < -0.39 is 0 Å². The highest BCUT2D eigenvalue weighted by Gasteiger charge is 2.12. The standard InChI is InChI=1S/C16H15N3/c1-11-5-6-13(10-19-11)16(17)15-4-2-3-12-9-18-8-7-14(12)15/h2-10,16H,17H2,1H3. The van der Waals surface area contributed by atoms with Gasteiger partial charge in [-0.1, -0.05) is 24.3 Å². The molecule has 3 heteroatoms. The highest BCUT2D eigenvalue weighted by Crippen LogP contribution is 2.26. The van der Waals surface area contributed by atoms with Crippen molar-refractivity contribution in [1.29, 1.82) is 0 Å². The predicted molar refractivity (Wildman–Crippen MR) is 76.7 cm³/mol. The fraction of sp³-hybridized carbons (Fsp3) is 0.125. The number of aryl methyl sites for hydroxylation is 1. The monoisotopic (exact) mass is 249 g/mol. The fourth-order valence-electron chi connectivity index (χ4n) is 2.26. The van der Waals surface area contributed by atoms with Crippen molar-refractivity contribution in [2.75, 3.05) is 0 Å². The summed E-state index contributed by atoms with van der Waals surface area (Å²) in [5.74, 6) is 0. The molecular weight excluding hydrogens is 234 g/mol. The molecule has 94 valence electrons. The summed E-state index contributed by atoms with van der Waals surface area (Å²) in [6.07, 6.45) is 5.50. The number of nitrogens with two attached hydrogens (primary N) is 1. The third-order valence-electron chi connectivity index (χ3n) is 3.34. The largest absolute Gasteiger partial charge is 0.320 e. The first-order valence-corrected chi connectivity index (χ1v) is 6.26. The number of hydrogen-bond donors (Lipinski definition) is 1.